The lowest BCUT2D eigenvalue weighted by Crippen LogP contribution is -2.33. The Hall–Kier alpha value is -2.89. The largest absolute Gasteiger partial charge is 0.465 e. The Morgan fingerprint density at radius 1 is 1.15 bits per heavy atom. The number of hydrogen-bond acceptors (Lipinski definition) is 5. The molecule has 1 fully saturated rings. The highest BCUT2D eigenvalue weighted by molar-refractivity contribution is 5.99. The Balaban J connectivity index is 1.89. The number of likely N-dealkylation sites (tertiary alicyclic amines) is 1. The molecule has 0 spiro atoms. The molecule has 136 valence electrons. The normalized spacial score (nSPS) is 17.0. The van der Waals surface area contributed by atoms with E-state index in [1.165, 1.54) is 7.11 Å². The van der Waals surface area contributed by atoms with Crippen molar-refractivity contribution in [3.8, 4) is 5.75 Å². The van der Waals surface area contributed by atoms with Crippen LogP contribution in [0.4, 0.5) is 0 Å². The molecule has 0 N–H and O–H groups in total. The van der Waals surface area contributed by atoms with E-state index in [2.05, 4.69) is 0 Å². The molecule has 0 aromatic heterocycles. The summed E-state index contributed by atoms with van der Waals surface area (Å²) in [6, 6.07) is 10.8. The predicted molar refractivity (Wildman–Crippen MR) is 95.9 cm³/mol. The van der Waals surface area contributed by atoms with Crippen molar-refractivity contribution in [2.75, 3.05) is 13.7 Å². The van der Waals surface area contributed by atoms with E-state index in [0.29, 0.717) is 6.54 Å². The molecular formula is C20H21NO5. The first-order valence-electron chi connectivity index (χ1n) is 8.53. The summed E-state index contributed by atoms with van der Waals surface area (Å²) in [4.78, 5) is 38.4. The molecule has 1 saturated heterocycles. The summed E-state index contributed by atoms with van der Waals surface area (Å²) < 4.78 is 10.3. The predicted octanol–water partition coefficient (Wildman–Crippen LogP) is 2.79. The van der Waals surface area contributed by atoms with Crippen LogP contribution < -0.4 is 4.74 Å². The summed E-state index contributed by atoms with van der Waals surface area (Å²) in [7, 11) is 1.28. The Morgan fingerprint density at radius 3 is 2.38 bits per heavy atom. The third kappa shape index (κ3) is 3.40. The average molecular weight is 355 g/mol. The maximum absolute atomic E-state index is 12.6. The van der Waals surface area contributed by atoms with E-state index in [1.807, 2.05) is 38.1 Å². The van der Waals surface area contributed by atoms with Crippen molar-refractivity contribution in [3.05, 3.63) is 42.0 Å². The molecule has 1 atom stereocenters. The molecule has 0 saturated carbocycles. The van der Waals surface area contributed by atoms with Crippen LogP contribution in [-0.2, 0) is 14.3 Å². The van der Waals surface area contributed by atoms with Gasteiger partial charge in [-0.1, -0.05) is 24.3 Å². The standard InChI is InChI=1S/C20H21NO5/c1-12(2)21-11-15(10-18(21)22)19(23)26-17-9-14-7-5-4-6-13(14)8-16(17)20(24)25-3/h4-9,12,15H,10-11H2,1-3H3. The molecule has 1 unspecified atom stereocenters. The van der Waals surface area contributed by atoms with Crippen LogP contribution in [-0.4, -0.2) is 42.4 Å². The molecule has 1 aliphatic rings. The molecule has 3 rings (SSSR count). The molecule has 0 radical (unpaired) electrons. The molecule has 2 aromatic carbocycles. The zero-order chi connectivity index (χ0) is 18.8. The van der Waals surface area contributed by atoms with Gasteiger partial charge in [-0.2, -0.15) is 0 Å². The number of nitrogens with zero attached hydrogens (tertiary/aromatic N) is 1. The zero-order valence-corrected chi connectivity index (χ0v) is 15.0. The van der Waals surface area contributed by atoms with Crippen molar-refractivity contribution < 1.29 is 23.9 Å². The zero-order valence-electron chi connectivity index (χ0n) is 15.0. The van der Waals surface area contributed by atoms with Gasteiger partial charge in [0, 0.05) is 19.0 Å². The van der Waals surface area contributed by atoms with Gasteiger partial charge in [0.2, 0.25) is 5.91 Å². The van der Waals surface area contributed by atoms with Gasteiger partial charge in [-0.05, 0) is 36.8 Å². The number of hydrogen-bond donors (Lipinski definition) is 0. The van der Waals surface area contributed by atoms with Gasteiger partial charge < -0.3 is 14.4 Å². The topological polar surface area (TPSA) is 72.9 Å². The van der Waals surface area contributed by atoms with Gasteiger partial charge in [-0.25, -0.2) is 4.79 Å². The third-order valence-electron chi connectivity index (χ3n) is 4.58. The highest BCUT2D eigenvalue weighted by atomic mass is 16.5. The molecule has 1 aliphatic heterocycles. The molecule has 0 bridgehead atoms. The smallest absolute Gasteiger partial charge is 0.341 e. The maximum atomic E-state index is 12.6. The summed E-state index contributed by atoms with van der Waals surface area (Å²) in [5.74, 6) is -1.54. The van der Waals surface area contributed by atoms with Crippen molar-refractivity contribution in [2.24, 2.45) is 5.92 Å². The first kappa shape index (κ1) is 17.9. The van der Waals surface area contributed by atoms with Crippen LogP contribution in [0, 0.1) is 5.92 Å². The van der Waals surface area contributed by atoms with E-state index in [-0.39, 0.29) is 29.7 Å². The monoisotopic (exact) mass is 355 g/mol. The van der Waals surface area contributed by atoms with Gasteiger partial charge in [0.25, 0.3) is 0 Å². The summed E-state index contributed by atoms with van der Waals surface area (Å²) in [5.41, 5.74) is 0.185. The Morgan fingerprint density at radius 2 is 1.81 bits per heavy atom. The minimum Gasteiger partial charge on any atom is -0.465 e. The Kier molecular flexibility index (Phi) is 4.93. The second-order valence-electron chi connectivity index (χ2n) is 6.65. The molecule has 6 nitrogen and oxygen atoms in total. The number of fused-ring (bicyclic) bond motifs is 1. The number of amides is 1. The van der Waals surface area contributed by atoms with Crippen LogP contribution in [0.5, 0.6) is 5.75 Å². The van der Waals surface area contributed by atoms with E-state index in [1.54, 1.807) is 17.0 Å². The van der Waals surface area contributed by atoms with Gasteiger partial charge in [0.05, 0.1) is 13.0 Å². The molecule has 6 heteroatoms. The first-order chi connectivity index (χ1) is 12.4. The van der Waals surface area contributed by atoms with Gasteiger partial charge in [-0.15, -0.1) is 0 Å². The van der Waals surface area contributed by atoms with E-state index >= 15 is 0 Å². The number of methoxy groups -OCH3 is 1. The molecule has 1 heterocycles. The van der Waals surface area contributed by atoms with Crippen LogP contribution in [0.25, 0.3) is 10.8 Å². The fourth-order valence-corrected chi connectivity index (χ4v) is 3.15. The van der Waals surface area contributed by atoms with Crippen molar-refractivity contribution in [1.82, 2.24) is 4.90 Å². The molecular weight excluding hydrogens is 334 g/mol. The number of ether oxygens (including phenoxy) is 2. The van der Waals surface area contributed by atoms with Gasteiger partial charge in [0.1, 0.15) is 11.3 Å². The second-order valence-corrected chi connectivity index (χ2v) is 6.65. The lowest BCUT2D eigenvalue weighted by Gasteiger charge is -2.20. The van der Waals surface area contributed by atoms with Crippen LogP contribution in [0.2, 0.25) is 0 Å². The maximum Gasteiger partial charge on any atom is 0.341 e. The van der Waals surface area contributed by atoms with Gasteiger partial charge in [-0.3, -0.25) is 9.59 Å². The minimum absolute atomic E-state index is 0.0339. The van der Waals surface area contributed by atoms with Gasteiger partial charge >= 0.3 is 11.9 Å². The first-order valence-corrected chi connectivity index (χ1v) is 8.53. The Labute approximate surface area is 151 Å². The fraction of sp³-hybridized carbons (Fsp3) is 0.350. The van der Waals surface area contributed by atoms with Crippen molar-refractivity contribution >= 4 is 28.6 Å². The highest BCUT2D eigenvalue weighted by Crippen LogP contribution is 2.29. The number of esters is 2. The fourth-order valence-electron chi connectivity index (χ4n) is 3.15. The number of carbonyl (C=O) groups is 3. The van der Waals surface area contributed by atoms with Crippen LogP contribution >= 0.6 is 0 Å². The number of carbonyl (C=O) groups excluding carboxylic acids is 3. The van der Waals surface area contributed by atoms with Crippen molar-refractivity contribution in [2.45, 2.75) is 26.3 Å². The third-order valence-corrected chi connectivity index (χ3v) is 4.58. The van der Waals surface area contributed by atoms with Crippen molar-refractivity contribution in [1.29, 1.82) is 0 Å². The minimum atomic E-state index is -0.579. The highest BCUT2D eigenvalue weighted by Gasteiger charge is 2.37. The van der Waals surface area contributed by atoms with E-state index < -0.39 is 17.9 Å². The van der Waals surface area contributed by atoms with E-state index in [0.717, 1.165) is 10.8 Å². The van der Waals surface area contributed by atoms with Crippen molar-refractivity contribution in [3.63, 3.8) is 0 Å². The quantitative estimate of drug-likeness (QED) is 0.623. The summed E-state index contributed by atoms with van der Waals surface area (Å²) in [6.45, 7) is 4.14. The second kappa shape index (κ2) is 7.15. The summed E-state index contributed by atoms with van der Waals surface area (Å²) >= 11 is 0. The Bertz CT molecular complexity index is 874. The molecule has 0 aliphatic carbocycles. The van der Waals surface area contributed by atoms with Crippen LogP contribution in [0.15, 0.2) is 36.4 Å². The lowest BCUT2D eigenvalue weighted by atomic mass is 10.1. The van der Waals surface area contributed by atoms with E-state index in [9.17, 15) is 14.4 Å². The average Bonchev–Trinajstić information content (AvgIpc) is 3.02. The molecule has 1 amide bonds. The van der Waals surface area contributed by atoms with Crippen LogP contribution in [0.1, 0.15) is 30.6 Å². The SMILES string of the molecule is COC(=O)c1cc2ccccc2cc1OC(=O)C1CC(=O)N(C(C)C)C1. The molecule has 26 heavy (non-hydrogen) atoms. The lowest BCUT2D eigenvalue weighted by molar-refractivity contribution is -0.139. The summed E-state index contributed by atoms with van der Waals surface area (Å²) in [6.07, 6.45) is 0.123. The van der Waals surface area contributed by atoms with Crippen LogP contribution in [0.3, 0.4) is 0 Å². The number of rotatable bonds is 4. The van der Waals surface area contributed by atoms with E-state index in [4.69, 9.17) is 9.47 Å². The van der Waals surface area contributed by atoms with Gasteiger partial charge in [0.15, 0.2) is 0 Å². The number of benzene rings is 2. The summed E-state index contributed by atoms with van der Waals surface area (Å²) in [5, 5.41) is 1.68. The molecule has 2 aromatic rings.